The number of nitrogens with zero attached hydrogens (tertiary/aromatic N) is 3. The Morgan fingerprint density at radius 2 is 1.50 bits per heavy atom. The first-order chi connectivity index (χ1) is 19.1. The molecule has 0 aliphatic carbocycles. The van der Waals surface area contributed by atoms with Crippen molar-refractivity contribution < 1.29 is 18.0 Å². The fraction of sp³-hybridized carbons (Fsp3) is 0.355. The SMILES string of the molecule is CCCCNC(=O)[C@H](Cc1ccccc1)N(Cc1cccc(C)c1)C(=O)CN(c1ccccc1)S(=O)(=O)N(C)C. The predicted molar refractivity (Wildman–Crippen MR) is 160 cm³/mol. The smallest absolute Gasteiger partial charge is 0.304 e. The highest BCUT2D eigenvalue weighted by atomic mass is 32.2. The van der Waals surface area contributed by atoms with Crippen molar-refractivity contribution >= 4 is 27.7 Å². The van der Waals surface area contributed by atoms with Gasteiger partial charge in [0.05, 0.1) is 5.69 Å². The molecule has 0 aliphatic rings. The van der Waals surface area contributed by atoms with Crippen LogP contribution in [0.2, 0.25) is 0 Å². The van der Waals surface area contributed by atoms with Gasteiger partial charge in [-0.05, 0) is 36.6 Å². The van der Waals surface area contributed by atoms with Crippen LogP contribution in [-0.2, 0) is 32.8 Å². The van der Waals surface area contributed by atoms with E-state index in [1.807, 2.05) is 68.4 Å². The molecule has 214 valence electrons. The molecule has 0 aliphatic heterocycles. The van der Waals surface area contributed by atoms with Crippen LogP contribution in [0.15, 0.2) is 84.9 Å². The fourth-order valence-corrected chi connectivity index (χ4v) is 5.43. The summed E-state index contributed by atoms with van der Waals surface area (Å²) in [5, 5.41) is 3.00. The van der Waals surface area contributed by atoms with Gasteiger partial charge in [-0.1, -0.05) is 91.7 Å². The number of carbonyl (C=O) groups is 2. The molecule has 9 heteroatoms. The van der Waals surface area contributed by atoms with Crippen molar-refractivity contribution in [3.8, 4) is 0 Å². The number of hydrogen-bond acceptors (Lipinski definition) is 4. The van der Waals surface area contributed by atoms with E-state index in [9.17, 15) is 18.0 Å². The van der Waals surface area contributed by atoms with Gasteiger partial charge in [-0.2, -0.15) is 12.7 Å². The summed E-state index contributed by atoms with van der Waals surface area (Å²) in [6.07, 6.45) is 2.03. The standard InChI is InChI=1S/C31H40N4O4S/c1-5-6-20-32-31(37)29(22-26-15-9-7-10-16-26)34(23-27-17-13-14-25(2)21-27)30(36)24-35(40(38,39)33(3)4)28-18-11-8-12-19-28/h7-19,21,29H,5-6,20,22-24H2,1-4H3,(H,32,37)/t29-/m0/s1. The van der Waals surface area contributed by atoms with Gasteiger partial charge < -0.3 is 10.2 Å². The van der Waals surface area contributed by atoms with E-state index in [-0.39, 0.29) is 12.5 Å². The highest BCUT2D eigenvalue weighted by Gasteiger charge is 2.34. The molecule has 40 heavy (non-hydrogen) atoms. The van der Waals surface area contributed by atoms with Crippen LogP contribution in [0, 0.1) is 6.92 Å². The van der Waals surface area contributed by atoms with E-state index in [1.165, 1.54) is 19.0 Å². The second-order valence-corrected chi connectivity index (χ2v) is 12.1. The van der Waals surface area contributed by atoms with E-state index in [0.717, 1.165) is 38.1 Å². The lowest BCUT2D eigenvalue weighted by Crippen LogP contribution is -2.54. The third-order valence-corrected chi connectivity index (χ3v) is 8.42. The number of aryl methyl sites for hydroxylation is 1. The Balaban J connectivity index is 2.05. The van der Waals surface area contributed by atoms with Crippen LogP contribution >= 0.6 is 0 Å². The molecule has 0 unspecified atom stereocenters. The summed E-state index contributed by atoms with van der Waals surface area (Å²) in [5.74, 6) is -0.734. The van der Waals surface area contributed by atoms with Crippen molar-refractivity contribution in [2.75, 3.05) is 31.5 Å². The first-order valence-corrected chi connectivity index (χ1v) is 14.9. The number of rotatable bonds is 14. The van der Waals surface area contributed by atoms with E-state index >= 15 is 0 Å². The van der Waals surface area contributed by atoms with Crippen LogP contribution < -0.4 is 9.62 Å². The van der Waals surface area contributed by atoms with Crippen molar-refractivity contribution in [3.05, 3.63) is 102 Å². The summed E-state index contributed by atoms with van der Waals surface area (Å²) in [4.78, 5) is 29.3. The quantitative estimate of drug-likeness (QED) is 0.298. The lowest BCUT2D eigenvalue weighted by molar-refractivity contribution is -0.140. The molecule has 0 aromatic heterocycles. The first-order valence-electron chi connectivity index (χ1n) is 13.6. The number of anilines is 1. The summed E-state index contributed by atoms with van der Waals surface area (Å²) >= 11 is 0. The maximum atomic E-state index is 14.2. The lowest BCUT2D eigenvalue weighted by Gasteiger charge is -2.34. The monoisotopic (exact) mass is 564 g/mol. The van der Waals surface area contributed by atoms with E-state index in [1.54, 1.807) is 30.3 Å². The maximum Gasteiger partial charge on any atom is 0.304 e. The maximum absolute atomic E-state index is 14.2. The number of carbonyl (C=O) groups excluding carboxylic acids is 2. The first kappa shape index (κ1) is 30.8. The molecule has 2 amide bonds. The largest absolute Gasteiger partial charge is 0.354 e. The number of unbranched alkanes of at least 4 members (excludes halogenated alkanes) is 1. The van der Waals surface area contributed by atoms with E-state index in [4.69, 9.17) is 0 Å². The highest BCUT2D eigenvalue weighted by molar-refractivity contribution is 7.90. The molecule has 0 radical (unpaired) electrons. The average Bonchev–Trinajstić information content (AvgIpc) is 2.94. The van der Waals surface area contributed by atoms with Crippen molar-refractivity contribution in [3.63, 3.8) is 0 Å². The Morgan fingerprint density at radius 3 is 2.10 bits per heavy atom. The molecule has 1 N–H and O–H groups in total. The van der Waals surface area contributed by atoms with Gasteiger partial charge in [-0.3, -0.25) is 9.59 Å². The summed E-state index contributed by atoms with van der Waals surface area (Å²) in [6, 6.07) is 25.0. The number of nitrogens with one attached hydrogen (secondary N) is 1. The zero-order valence-electron chi connectivity index (χ0n) is 23.8. The molecule has 0 bridgehead atoms. The molecule has 0 heterocycles. The van der Waals surface area contributed by atoms with E-state index in [2.05, 4.69) is 5.32 Å². The summed E-state index contributed by atoms with van der Waals surface area (Å²) in [7, 11) is -1.14. The molecule has 0 saturated carbocycles. The zero-order valence-corrected chi connectivity index (χ0v) is 24.6. The lowest BCUT2D eigenvalue weighted by atomic mass is 10.0. The third-order valence-electron chi connectivity index (χ3n) is 6.60. The Bertz CT molecular complexity index is 1350. The topological polar surface area (TPSA) is 90.0 Å². The molecule has 8 nitrogen and oxygen atoms in total. The van der Waals surface area contributed by atoms with Gasteiger partial charge in [0.15, 0.2) is 0 Å². The molecule has 0 saturated heterocycles. The minimum absolute atomic E-state index is 0.157. The number of benzene rings is 3. The van der Waals surface area contributed by atoms with Gasteiger partial charge in [0.25, 0.3) is 0 Å². The Kier molecular flexibility index (Phi) is 11.3. The third kappa shape index (κ3) is 8.40. The number of hydrogen-bond donors (Lipinski definition) is 1. The number of para-hydroxylation sites is 1. The van der Waals surface area contributed by atoms with Crippen LogP contribution in [0.25, 0.3) is 0 Å². The van der Waals surface area contributed by atoms with Crippen LogP contribution in [0.1, 0.15) is 36.5 Å². The Morgan fingerprint density at radius 1 is 0.875 bits per heavy atom. The summed E-state index contributed by atoms with van der Waals surface area (Å²) < 4.78 is 28.9. The highest BCUT2D eigenvalue weighted by Crippen LogP contribution is 2.21. The van der Waals surface area contributed by atoms with Gasteiger partial charge in [0, 0.05) is 33.6 Å². The van der Waals surface area contributed by atoms with Gasteiger partial charge >= 0.3 is 10.2 Å². The van der Waals surface area contributed by atoms with Crippen LogP contribution in [-0.4, -0.2) is 62.7 Å². The van der Waals surface area contributed by atoms with Crippen LogP contribution in [0.3, 0.4) is 0 Å². The molecule has 0 fully saturated rings. The van der Waals surface area contributed by atoms with Crippen molar-refractivity contribution in [2.45, 2.75) is 45.7 Å². The van der Waals surface area contributed by atoms with Gasteiger partial charge in [-0.25, -0.2) is 4.31 Å². The molecule has 3 aromatic rings. The van der Waals surface area contributed by atoms with E-state index in [0.29, 0.717) is 18.7 Å². The average molecular weight is 565 g/mol. The second-order valence-electron chi connectivity index (χ2n) is 9.99. The summed E-state index contributed by atoms with van der Waals surface area (Å²) in [6.45, 7) is 4.21. The van der Waals surface area contributed by atoms with Gasteiger partial charge in [0.1, 0.15) is 12.6 Å². The number of amides is 2. The van der Waals surface area contributed by atoms with Crippen molar-refractivity contribution in [2.24, 2.45) is 0 Å². The zero-order chi connectivity index (χ0) is 29.1. The fourth-order valence-electron chi connectivity index (χ4n) is 4.38. The molecular weight excluding hydrogens is 524 g/mol. The van der Waals surface area contributed by atoms with Gasteiger partial charge in [0.2, 0.25) is 11.8 Å². The summed E-state index contributed by atoms with van der Waals surface area (Å²) in [5.41, 5.74) is 3.15. The van der Waals surface area contributed by atoms with Crippen molar-refractivity contribution in [1.29, 1.82) is 0 Å². The molecule has 3 rings (SSSR count). The van der Waals surface area contributed by atoms with E-state index < -0.39 is 28.7 Å². The molecule has 3 aromatic carbocycles. The molecule has 1 atom stereocenters. The van der Waals surface area contributed by atoms with Crippen LogP contribution in [0.5, 0.6) is 0 Å². The minimum Gasteiger partial charge on any atom is -0.354 e. The van der Waals surface area contributed by atoms with Crippen molar-refractivity contribution in [1.82, 2.24) is 14.5 Å². The Labute approximate surface area is 238 Å². The molecule has 0 spiro atoms. The normalized spacial score (nSPS) is 12.1. The second kappa shape index (κ2) is 14.6. The van der Waals surface area contributed by atoms with Crippen LogP contribution in [0.4, 0.5) is 5.69 Å². The Hall–Kier alpha value is -3.69. The molecular formula is C31H40N4O4S. The minimum atomic E-state index is -4.00. The predicted octanol–water partition coefficient (Wildman–Crippen LogP) is 4.16. The van der Waals surface area contributed by atoms with Gasteiger partial charge in [-0.15, -0.1) is 0 Å².